The van der Waals surface area contributed by atoms with E-state index in [1.807, 2.05) is 0 Å². The molecule has 0 spiro atoms. The summed E-state index contributed by atoms with van der Waals surface area (Å²) in [5, 5.41) is 11.3. The molecule has 0 fully saturated rings. The smallest absolute Gasteiger partial charge is 0.305 e. The summed E-state index contributed by atoms with van der Waals surface area (Å²) in [7, 11) is 0. The number of aryl methyl sites for hydroxylation is 2. The zero-order valence-electron chi connectivity index (χ0n) is 8.45. The summed E-state index contributed by atoms with van der Waals surface area (Å²) in [6.07, 6.45) is 4.31. The summed E-state index contributed by atoms with van der Waals surface area (Å²) >= 11 is 0. The molecule has 0 unspecified atom stereocenters. The Hall–Kier alpha value is -1.52. The molecule has 2 rings (SSSR count). The van der Waals surface area contributed by atoms with Crippen molar-refractivity contribution < 1.29 is 14.3 Å². The molecule has 15 heavy (non-hydrogen) atoms. The molecular formula is C10H14N2O3. The van der Waals surface area contributed by atoms with Crippen LogP contribution in [0.1, 0.15) is 30.7 Å². The van der Waals surface area contributed by atoms with Crippen molar-refractivity contribution >= 4 is 12.0 Å². The molecule has 1 heterocycles. The molecule has 1 aliphatic carbocycles. The van der Waals surface area contributed by atoms with Crippen LogP contribution >= 0.6 is 0 Å². The molecule has 0 saturated heterocycles. The average Bonchev–Trinajstić information content (AvgIpc) is 2.59. The van der Waals surface area contributed by atoms with Gasteiger partial charge in [0.15, 0.2) is 0 Å². The van der Waals surface area contributed by atoms with E-state index >= 15 is 0 Å². The van der Waals surface area contributed by atoms with Gasteiger partial charge < -0.3 is 14.8 Å². The van der Waals surface area contributed by atoms with Gasteiger partial charge in [0.1, 0.15) is 5.76 Å². The van der Waals surface area contributed by atoms with E-state index in [0.717, 1.165) is 37.1 Å². The Morgan fingerprint density at radius 2 is 2.27 bits per heavy atom. The first-order valence-electron chi connectivity index (χ1n) is 5.20. The Labute approximate surface area is 87.5 Å². The lowest BCUT2D eigenvalue weighted by atomic mass is 10.0. The van der Waals surface area contributed by atoms with Crippen molar-refractivity contribution in [2.75, 3.05) is 11.9 Å². The third kappa shape index (κ3) is 2.49. The van der Waals surface area contributed by atoms with Gasteiger partial charge in [-0.3, -0.25) is 4.79 Å². The molecular weight excluding hydrogens is 196 g/mol. The van der Waals surface area contributed by atoms with Gasteiger partial charge >= 0.3 is 5.97 Å². The lowest BCUT2D eigenvalue weighted by molar-refractivity contribution is -0.136. The fraction of sp³-hybridized carbons (Fsp3) is 0.600. The van der Waals surface area contributed by atoms with Crippen molar-refractivity contribution in [3.8, 4) is 0 Å². The van der Waals surface area contributed by atoms with Crippen LogP contribution in [0, 0.1) is 0 Å². The molecule has 0 amide bonds. The number of carboxylic acid groups (broad SMARTS) is 1. The Kier molecular flexibility index (Phi) is 2.89. The lowest BCUT2D eigenvalue weighted by Crippen LogP contribution is -2.07. The van der Waals surface area contributed by atoms with Crippen molar-refractivity contribution in [2.24, 2.45) is 0 Å². The van der Waals surface area contributed by atoms with Gasteiger partial charge in [-0.05, 0) is 19.3 Å². The maximum absolute atomic E-state index is 10.3. The molecule has 1 aromatic rings. The minimum absolute atomic E-state index is 0.0764. The van der Waals surface area contributed by atoms with Crippen LogP contribution in [0.15, 0.2) is 4.42 Å². The molecule has 2 N–H and O–H groups in total. The second-order valence-electron chi connectivity index (χ2n) is 3.67. The van der Waals surface area contributed by atoms with E-state index in [2.05, 4.69) is 10.3 Å². The number of hydrogen-bond acceptors (Lipinski definition) is 4. The molecule has 5 heteroatoms. The van der Waals surface area contributed by atoms with Crippen LogP contribution in [-0.4, -0.2) is 22.6 Å². The number of rotatable bonds is 4. The van der Waals surface area contributed by atoms with Gasteiger partial charge in [-0.25, -0.2) is 0 Å². The number of hydrogen-bond donors (Lipinski definition) is 2. The van der Waals surface area contributed by atoms with E-state index in [9.17, 15) is 4.79 Å². The first-order valence-corrected chi connectivity index (χ1v) is 5.20. The number of aromatic nitrogens is 1. The van der Waals surface area contributed by atoms with Crippen molar-refractivity contribution in [3.63, 3.8) is 0 Å². The van der Waals surface area contributed by atoms with Gasteiger partial charge in [0.05, 0.1) is 12.1 Å². The fourth-order valence-corrected chi connectivity index (χ4v) is 1.70. The standard InChI is InChI=1S/C10H14N2O3/c13-9(14)5-6-11-10-12-7-3-1-2-4-8(7)15-10/h1-6H2,(H,11,12)(H,13,14). The molecule has 0 bridgehead atoms. The largest absolute Gasteiger partial charge is 0.481 e. The van der Waals surface area contributed by atoms with Gasteiger partial charge in [-0.1, -0.05) is 0 Å². The number of nitrogens with one attached hydrogen (secondary N) is 1. The highest BCUT2D eigenvalue weighted by atomic mass is 16.4. The molecule has 0 aromatic carbocycles. The predicted octanol–water partition coefficient (Wildman–Crippen LogP) is 1.44. The van der Waals surface area contributed by atoms with Gasteiger partial charge in [0.2, 0.25) is 0 Å². The third-order valence-corrected chi connectivity index (χ3v) is 2.46. The molecule has 0 aliphatic heterocycles. The molecule has 0 atom stereocenters. The zero-order chi connectivity index (χ0) is 10.7. The van der Waals surface area contributed by atoms with Gasteiger partial charge in [-0.2, -0.15) is 4.98 Å². The lowest BCUT2D eigenvalue weighted by Gasteiger charge is -2.05. The second kappa shape index (κ2) is 4.33. The number of carboxylic acids is 1. The molecule has 1 aromatic heterocycles. The summed E-state index contributed by atoms with van der Waals surface area (Å²) in [4.78, 5) is 14.6. The van der Waals surface area contributed by atoms with Gasteiger partial charge in [0, 0.05) is 13.0 Å². The Balaban J connectivity index is 1.92. The number of fused-ring (bicyclic) bond motifs is 1. The molecule has 0 radical (unpaired) electrons. The van der Waals surface area contributed by atoms with Crippen LogP contribution in [-0.2, 0) is 17.6 Å². The third-order valence-electron chi connectivity index (χ3n) is 2.46. The molecule has 5 nitrogen and oxygen atoms in total. The number of anilines is 1. The summed E-state index contributed by atoms with van der Waals surface area (Å²) in [6, 6.07) is 0.461. The van der Waals surface area contributed by atoms with Crippen molar-refractivity contribution in [1.82, 2.24) is 4.98 Å². The van der Waals surface area contributed by atoms with Gasteiger partial charge in [0.25, 0.3) is 6.01 Å². The quantitative estimate of drug-likeness (QED) is 0.786. The maximum atomic E-state index is 10.3. The van der Waals surface area contributed by atoms with Crippen LogP contribution in [0.4, 0.5) is 6.01 Å². The van der Waals surface area contributed by atoms with Crippen LogP contribution in [0.3, 0.4) is 0 Å². The molecule has 0 saturated carbocycles. The van der Waals surface area contributed by atoms with E-state index in [1.54, 1.807) is 0 Å². The SMILES string of the molecule is O=C(O)CCNc1nc2c(o1)CCCC2. The Morgan fingerprint density at radius 1 is 1.47 bits per heavy atom. The minimum Gasteiger partial charge on any atom is -0.481 e. The first kappa shape index (κ1) is 10.0. The summed E-state index contributed by atoms with van der Waals surface area (Å²) in [5.74, 6) is 0.137. The van der Waals surface area contributed by atoms with Crippen LogP contribution in [0.5, 0.6) is 0 Å². The van der Waals surface area contributed by atoms with Crippen LogP contribution in [0.2, 0.25) is 0 Å². The summed E-state index contributed by atoms with van der Waals surface area (Å²) in [6.45, 7) is 0.356. The van der Waals surface area contributed by atoms with Crippen LogP contribution in [0.25, 0.3) is 0 Å². The number of aliphatic carboxylic acids is 1. The zero-order valence-corrected chi connectivity index (χ0v) is 8.45. The monoisotopic (exact) mass is 210 g/mol. The highest BCUT2D eigenvalue weighted by Crippen LogP contribution is 2.23. The van der Waals surface area contributed by atoms with E-state index in [4.69, 9.17) is 9.52 Å². The summed E-state index contributed by atoms with van der Waals surface area (Å²) in [5.41, 5.74) is 1.03. The highest BCUT2D eigenvalue weighted by molar-refractivity contribution is 5.67. The predicted molar refractivity (Wildman–Crippen MR) is 53.9 cm³/mol. The fourth-order valence-electron chi connectivity index (χ4n) is 1.70. The molecule has 82 valence electrons. The number of nitrogens with zero attached hydrogens (tertiary/aromatic N) is 1. The van der Waals surface area contributed by atoms with E-state index in [1.165, 1.54) is 0 Å². The average molecular weight is 210 g/mol. The van der Waals surface area contributed by atoms with E-state index < -0.39 is 5.97 Å². The van der Waals surface area contributed by atoms with Gasteiger partial charge in [-0.15, -0.1) is 0 Å². The summed E-state index contributed by atoms with van der Waals surface area (Å²) < 4.78 is 5.47. The maximum Gasteiger partial charge on any atom is 0.305 e. The minimum atomic E-state index is -0.821. The van der Waals surface area contributed by atoms with Crippen molar-refractivity contribution in [3.05, 3.63) is 11.5 Å². The van der Waals surface area contributed by atoms with Crippen LogP contribution < -0.4 is 5.32 Å². The van der Waals surface area contributed by atoms with E-state index in [0.29, 0.717) is 12.6 Å². The topological polar surface area (TPSA) is 75.4 Å². The van der Waals surface area contributed by atoms with Crippen molar-refractivity contribution in [2.45, 2.75) is 32.1 Å². The highest BCUT2D eigenvalue weighted by Gasteiger charge is 2.16. The van der Waals surface area contributed by atoms with Crippen molar-refractivity contribution in [1.29, 1.82) is 0 Å². The molecule has 1 aliphatic rings. The number of oxazole rings is 1. The Morgan fingerprint density at radius 3 is 3.00 bits per heavy atom. The normalized spacial score (nSPS) is 14.7. The Bertz CT molecular complexity index is 336. The van der Waals surface area contributed by atoms with E-state index in [-0.39, 0.29) is 6.42 Å². The second-order valence-corrected chi connectivity index (χ2v) is 3.67. The first-order chi connectivity index (χ1) is 7.25. The number of carbonyl (C=O) groups is 1.